The summed E-state index contributed by atoms with van der Waals surface area (Å²) in [5, 5.41) is 31.4. The Morgan fingerprint density at radius 3 is 2.69 bits per heavy atom. The van der Waals surface area contributed by atoms with Crippen molar-refractivity contribution in [2.24, 2.45) is 22.7 Å². The van der Waals surface area contributed by atoms with Crippen LogP contribution in [0, 0.1) is 22.7 Å². The third-order valence-corrected chi connectivity index (χ3v) is 9.39. The second-order valence-electron chi connectivity index (χ2n) is 9.70. The quantitative estimate of drug-likeness (QED) is 0.526. The molecule has 0 aromatic heterocycles. The van der Waals surface area contributed by atoms with E-state index in [9.17, 15) is 24.9 Å². The lowest BCUT2D eigenvalue weighted by molar-refractivity contribution is -0.174. The molecular formula is C21H24BrFO6. The highest BCUT2D eigenvalue weighted by atomic mass is 79.9. The first kappa shape index (κ1) is 20.0. The summed E-state index contributed by atoms with van der Waals surface area (Å²) in [6.07, 6.45) is 0.617. The zero-order valence-electron chi connectivity index (χ0n) is 16.2. The third kappa shape index (κ3) is 2.01. The van der Waals surface area contributed by atoms with Crippen molar-refractivity contribution in [1.29, 1.82) is 0 Å². The number of aliphatic hydroxyl groups is 3. The van der Waals surface area contributed by atoms with Crippen molar-refractivity contribution < 1.29 is 34.0 Å². The van der Waals surface area contributed by atoms with Crippen molar-refractivity contribution in [3.63, 3.8) is 0 Å². The molecule has 5 unspecified atom stereocenters. The van der Waals surface area contributed by atoms with E-state index in [0.717, 1.165) is 0 Å². The molecule has 5 rings (SSSR count). The lowest BCUT2D eigenvalue weighted by Gasteiger charge is -2.56. The van der Waals surface area contributed by atoms with E-state index in [4.69, 9.17) is 4.74 Å². The Kier molecular flexibility index (Phi) is 3.90. The van der Waals surface area contributed by atoms with Crippen LogP contribution in [-0.4, -0.2) is 63.1 Å². The molecule has 0 aromatic rings. The Balaban J connectivity index is 1.64. The monoisotopic (exact) mass is 470 g/mol. The van der Waals surface area contributed by atoms with Gasteiger partial charge in [-0.05, 0) is 65.6 Å². The number of hydrogen-bond acceptors (Lipinski definition) is 6. The molecule has 0 radical (unpaired) electrons. The van der Waals surface area contributed by atoms with E-state index in [-0.39, 0.29) is 36.6 Å². The van der Waals surface area contributed by atoms with Gasteiger partial charge in [-0.15, -0.1) is 0 Å². The van der Waals surface area contributed by atoms with Gasteiger partial charge in [0.2, 0.25) is 0 Å². The van der Waals surface area contributed by atoms with E-state index in [0.29, 0.717) is 16.5 Å². The average Bonchev–Trinajstić information content (AvgIpc) is 3.35. The summed E-state index contributed by atoms with van der Waals surface area (Å²) in [5.41, 5.74) is -4.29. The smallest absolute Gasteiger partial charge is 0.192 e. The molecule has 29 heavy (non-hydrogen) atoms. The first-order chi connectivity index (χ1) is 13.5. The number of ketones is 2. The predicted molar refractivity (Wildman–Crippen MR) is 103 cm³/mol. The molecule has 1 saturated heterocycles. The van der Waals surface area contributed by atoms with Crippen molar-refractivity contribution in [2.45, 2.75) is 62.7 Å². The number of Topliss-reactive ketones (excluding diaryl/α,β-unsaturated/α-hetero) is 1. The molecular weight excluding hydrogens is 447 g/mol. The van der Waals surface area contributed by atoms with Gasteiger partial charge in [0.05, 0.1) is 16.7 Å². The minimum atomic E-state index is -2.09. The lowest BCUT2D eigenvalue weighted by atomic mass is 9.46. The number of ether oxygens (including phenoxy) is 1. The van der Waals surface area contributed by atoms with Crippen LogP contribution in [0.4, 0.5) is 4.39 Å². The van der Waals surface area contributed by atoms with Crippen LogP contribution in [0.1, 0.15) is 33.1 Å². The molecule has 1 aliphatic heterocycles. The Bertz CT molecular complexity index is 902. The van der Waals surface area contributed by atoms with Crippen LogP contribution in [0.25, 0.3) is 0 Å². The zero-order chi connectivity index (χ0) is 21.1. The van der Waals surface area contributed by atoms with E-state index in [1.807, 2.05) is 6.92 Å². The molecule has 1 spiro atoms. The van der Waals surface area contributed by atoms with Crippen molar-refractivity contribution in [3.8, 4) is 0 Å². The lowest BCUT2D eigenvalue weighted by Crippen LogP contribution is -2.64. The highest BCUT2D eigenvalue weighted by Crippen LogP contribution is 2.76. The summed E-state index contributed by atoms with van der Waals surface area (Å²) in [6.45, 7) is 2.75. The molecule has 6 nitrogen and oxygen atoms in total. The number of halogens is 2. The molecule has 0 aromatic carbocycles. The van der Waals surface area contributed by atoms with Gasteiger partial charge in [-0.25, -0.2) is 4.39 Å². The molecule has 1 heterocycles. The van der Waals surface area contributed by atoms with Crippen LogP contribution in [0.2, 0.25) is 0 Å². The summed E-state index contributed by atoms with van der Waals surface area (Å²) in [5.74, 6) is -1.79. The molecule has 3 N–H and O–H groups in total. The van der Waals surface area contributed by atoms with Gasteiger partial charge in [0, 0.05) is 10.8 Å². The van der Waals surface area contributed by atoms with E-state index < -0.39 is 46.7 Å². The maximum Gasteiger partial charge on any atom is 0.192 e. The SMILES string of the molecule is C[C@]12C=C(Br)C(=O)C=C1C(F)CC1C3CC(O)[C@](O)(C(=O)CO)[C@@]3(C)CC3O[C@@]312. The van der Waals surface area contributed by atoms with Crippen molar-refractivity contribution >= 4 is 27.5 Å². The van der Waals surface area contributed by atoms with Gasteiger partial charge in [0.1, 0.15) is 18.4 Å². The highest BCUT2D eigenvalue weighted by Gasteiger charge is 2.83. The molecule has 0 amide bonds. The number of aliphatic hydroxyl groups excluding tert-OH is 2. The summed E-state index contributed by atoms with van der Waals surface area (Å²) in [4.78, 5) is 24.6. The Morgan fingerprint density at radius 2 is 2.03 bits per heavy atom. The topological polar surface area (TPSA) is 107 Å². The van der Waals surface area contributed by atoms with Gasteiger partial charge in [-0.3, -0.25) is 9.59 Å². The van der Waals surface area contributed by atoms with E-state index >= 15 is 4.39 Å². The minimum Gasteiger partial charge on any atom is -0.390 e. The fourth-order valence-electron chi connectivity index (χ4n) is 7.33. The Labute approximate surface area is 175 Å². The first-order valence-corrected chi connectivity index (χ1v) is 10.8. The molecule has 4 aliphatic carbocycles. The standard InChI is InChI=1S/C21H24BrFO6/c1-18-7-17-21(29-17)10(9(18)5-15(26)20(18,28)16(27)8-24)3-13(23)11-4-14(25)12(22)6-19(11,21)2/h4,6,9-10,13,15,17,24,26,28H,3,5,7-8H2,1-2H3/t9?,10?,13?,15?,17?,18-,19-,20-,21+/m0/s1. The number of allylic oxidation sites excluding steroid dienone is 2. The number of fused-ring (bicyclic) bond motifs is 3. The van der Waals surface area contributed by atoms with Crippen molar-refractivity contribution in [2.75, 3.05) is 6.61 Å². The largest absolute Gasteiger partial charge is 0.390 e. The Hall–Kier alpha value is -0.930. The van der Waals surface area contributed by atoms with Crippen LogP contribution in [0.5, 0.6) is 0 Å². The normalized spacial score (nSPS) is 55.1. The average molecular weight is 471 g/mol. The van der Waals surface area contributed by atoms with Crippen LogP contribution >= 0.6 is 15.9 Å². The first-order valence-electron chi connectivity index (χ1n) is 9.98. The molecule has 9 atom stereocenters. The highest BCUT2D eigenvalue weighted by molar-refractivity contribution is 9.12. The molecule has 3 saturated carbocycles. The van der Waals surface area contributed by atoms with Crippen LogP contribution in [-0.2, 0) is 14.3 Å². The fraction of sp³-hybridized carbons (Fsp3) is 0.714. The van der Waals surface area contributed by atoms with Gasteiger partial charge >= 0.3 is 0 Å². The molecule has 8 heteroatoms. The molecule has 5 aliphatic rings. The van der Waals surface area contributed by atoms with Gasteiger partial charge in [0.15, 0.2) is 17.2 Å². The molecule has 0 bridgehead atoms. The van der Waals surface area contributed by atoms with E-state index in [1.54, 1.807) is 13.0 Å². The predicted octanol–water partition coefficient (Wildman–Crippen LogP) is 1.36. The van der Waals surface area contributed by atoms with Gasteiger partial charge in [0.25, 0.3) is 0 Å². The summed E-state index contributed by atoms with van der Waals surface area (Å²) in [6, 6.07) is 0. The van der Waals surface area contributed by atoms with Gasteiger partial charge < -0.3 is 20.1 Å². The summed E-state index contributed by atoms with van der Waals surface area (Å²) < 4.78 is 22.0. The Morgan fingerprint density at radius 1 is 1.34 bits per heavy atom. The van der Waals surface area contributed by atoms with Crippen LogP contribution < -0.4 is 0 Å². The van der Waals surface area contributed by atoms with Crippen molar-refractivity contribution in [3.05, 3.63) is 22.2 Å². The van der Waals surface area contributed by atoms with Gasteiger partial charge in [-0.2, -0.15) is 0 Å². The van der Waals surface area contributed by atoms with E-state index in [1.165, 1.54) is 6.08 Å². The maximum absolute atomic E-state index is 15.4. The molecule has 158 valence electrons. The van der Waals surface area contributed by atoms with E-state index in [2.05, 4.69) is 15.9 Å². The second-order valence-corrected chi connectivity index (χ2v) is 10.5. The number of carbonyl (C=O) groups excluding carboxylic acids is 2. The number of carbonyl (C=O) groups is 2. The van der Waals surface area contributed by atoms with Crippen molar-refractivity contribution in [1.82, 2.24) is 0 Å². The van der Waals surface area contributed by atoms with Crippen LogP contribution in [0.3, 0.4) is 0 Å². The number of alkyl halides is 1. The minimum absolute atomic E-state index is 0.104. The zero-order valence-corrected chi connectivity index (χ0v) is 17.8. The number of rotatable bonds is 2. The van der Waals surface area contributed by atoms with Gasteiger partial charge in [-0.1, -0.05) is 13.0 Å². The summed E-state index contributed by atoms with van der Waals surface area (Å²) >= 11 is 3.29. The number of epoxide rings is 1. The third-order valence-electron chi connectivity index (χ3n) is 8.77. The maximum atomic E-state index is 15.4. The summed E-state index contributed by atoms with van der Waals surface area (Å²) in [7, 11) is 0. The second kappa shape index (κ2) is 5.65. The van der Waals surface area contributed by atoms with Crippen LogP contribution in [0.15, 0.2) is 22.2 Å². The molecule has 4 fully saturated rings. The fourth-order valence-corrected chi connectivity index (χ4v) is 7.91. The number of hydrogen-bond donors (Lipinski definition) is 3.